The van der Waals surface area contributed by atoms with E-state index in [1.165, 1.54) is 36.2 Å². The molecule has 24 heavy (non-hydrogen) atoms. The number of methoxy groups -OCH3 is 1. The number of para-hydroxylation sites is 1. The molecule has 0 heterocycles. The summed E-state index contributed by atoms with van der Waals surface area (Å²) >= 11 is 1.53. The van der Waals surface area contributed by atoms with Crippen LogP contribution in [-0.2, 0) is 10.5 Å². The van der Waals surface area contributed by atoms with Crippen LogP contribution >= 0.6 is 11.8 Å². The van der Waals surface area contributed by atoms with Crippen molar-refractivity contribution >= 4 is 23.9 Å². The lowest BCUT2D eigenvalue weighted by atomic mass is 10.1. The molecule has 0 spiro atoms. The smallest absolute Gasteiger partial charge is 0.250 e. The van der Waals surface area contributed by atoms with E-state index in [0.717, 1.165) is 5.75 Å². The van der Waals surface area contributed by atoms with Crippen LogP contribution in [0.3, 0.4) is 0 Å². The van der Waals surface area contributed by atoms with Crippen molar-refractivity contribution in [3.8, 4) is 11.5 Å². The zero-order valence-electron chi connectivity index (χ0n) is 13.7. The van der Waals surface area contributed by atoms with Crippen molar-refractivity contribution in [3.05, 3.63) is 59.2 Å². The van der Waals surface area contributed by atoms with Gasteiger partial charge in [-0.15, -0.1) is 11.8 Å². The van der Waals surface area contributed by atoms with Gasteiger partial charge in [0, 0.05) is 11.3 Å². The first kappa shape index (κ1) is 17.9. The van der Waals surface area contributed by atoms with Crippen LogP contribution in [0.15, 0.2) is 47.6 Å². The molecule has 0 saturated carbocycles. The summed E-state index contributed by atoms with van der Waals surface area (Å²) in [6.45, 7) is 2.06. The summed E-state index contributed by atoms with van der Waals surface area (Å²) in [6, 6.07) is 13.2. The molecule has 0 saturated heterocycles. The van der Waals surface area contributed by atoms with Crippen molar-refractivity contribution < 1.29 is 14.6 Å². The first-order chi connectivity index (χ1) is 11.6. The predicted octanol–water partition coefficient (Wildman–Crippen LogP) is 3.09. The molecule has 2 N–H and O–H groups in total. The first-order valence-corrected chi connectivity index (χ1v) is 8.57. The Hall–Kier alpha value is -2.47. The molecule has 126 valence electrons. The van der Waals surface area contributed by atoms with E-state index < -0.39 is 0 Å². The Morgan fingerprint density at radius 1 is 1.29 bits per heavy atom. The first-order valence-electron chi connectivity index (χ1n) is 7.42. The fraction of sp³-hybridized carbons (Fsp3) is 0.222. The lowest BCUT2D eigenvalue weighted by molar-refractivity contribution is -0.118. The van der Waals surface area contributed by atoms with Crippen LogP contribution in [0.2, 0.25) is 0 Å². The van der Waals surface area contributed by atoms with Gasteiger partial charge in [-0.3, -0.25) is 4.79 Å². The normalized spacial score (nSPS) is 10.8. The second-order valence-electron chi connectivity index (χ2n) is 5.11. The number of carbonyl (C=O) groups excluding carboxylic acids is 1. The molecule has 0 atom stereocenters. The van der Waals surface area contributed by atoms with Gasteiger partial charge in [0.05, 0.1) is 19.1 Å². The van der Waals surface area contributed by atoms with E-state index in [-0.39, 0.29) is 11.7 Å². The zero-order chi connectivity index (χ0) is 17.4. The molecular formula is C18H20N2O3S. The van der Waals surface area contributed by atoms with Crippen molar-refractivity contribution in [2.24, 2.45) is 5.10 Å². The second-order valence-corrected chi connectivity index (χ2v) is 6.10. The van der Waals surface area contributed by atoms with E-state index >= 15 is 0 Å². The average Bonchev–Trinajstić information content (AvgIpc) is 2.58. The van der Waals surface area contributed by atoms with Gasteiger partial charge in [-0.05, 0) is 30.2 Å². The molecule has 2 rings (SSSR count). The maximum Gasteiger partial charge on any atom is 0.250 e. The Kier molecular flexibility index (Phi) is 6.69. The Morgan fingerprint density at radius 3 is 2.83 bits per heavy atom. The number of ether oxygens (including phenoxy) is 1. The molecule has 0 radical (unpaired) electrons. The fourth-order valence-corrected chi connectivity index (χ4v) is 2.94. The molecule has 0 aliphatic rings. The maximum absolute atomic E-state index is 11.8. The third-order valence-electron chi connectivity index (χ3n) is 3.39. The van der Waals surface area contributed by atoms with Crippen molar-refractivity contribution in [2.45, 2.75) is 12.7 Å². The lowest BCUT2D eigenvalue weighted by Gasteiger charge is -2.05. The Labute approximate surface area is 145 Å². The molecule has 0 unspecified atom stereocenters. The minimum atomic E-state index is -0.188. The van der Waals surface area contributed by atoms with E-state index in [4.69, 9.17) is 4.74 Å². The van der Waals surface area contributed by atoms with Crippen LogP contribution in [0, 0.1) is 6.92 Å². The fourth-order valence-electron chi connectivity index (χ4n) is 2.04. The van der Waals surface area contributed by atoms with Gasteiger partial charge in [0.25, 0.3) is 0 Å². The number of nitrogens with zero attached hydrogens (tertiary/aromatic N) is 1. The van der Waals surface area contributed by atoms with Crippen LogP contribution in [-0.4, -0.2) is 30.1 Å². The predicted molar refractivity (Wildman–Crippen MR) is 97.7 cm³/mol. The zero-order valence-corrected chi connectivity index (χ0v) is 14.5. The summed E-state index contributed by atoms with van der Waals surface area (Å²) in [4.78, 5) is 11.8. The molecule has 1 amide bonds. The van der Waals surface area contributed by atoms with Crippen LogP contribution in [0.4, 0.5) is 0 Å². The Morgan fingerprint density at radius 2 is 2.08 bits per heavy atom. The number of nitrogens with one attached hydrogen (secondary N) is 1. The maximum atomic E-state index is 11.8. The number of thioether (sulfide) groups is 1. The third kappa shape index (κ3) is 5.03. The summed E-state index contributed by atoms with van der Waals surface area (Å²) in [5.74, 6) is 1.26. The standard InChI is InChI=1S/C18H20N2O3S/c1-13-6-3-4-7-15(13)11-24-12-17(21)20-19-10-14-8-5-9-16(23-2)18(14)22/h3-10,22H,11-12H2,1-2H3,(H,20,21)/b19-10+. The highest BCUT2D eigenvalue weighted by Crippen LogP contribution is 2.27. The molecule has 0 fully saturated rings. The van der Waals surface area contributed by atoms with Gasteiger partial charge < -0.3 is 9.84 Å². The van der Waals surface area contributed by atoms with E-state index in [1.807, 2.05) is 12.1 Å². The number of hydrazone groups is 1. The Balaban J connectivity index is 1.80. The molecule has 5 nitrogen and oxygen atoms in total. The van der Waals surface area contributed by atoms with Gasteiger partial charge in [-0.2, -0.15) is 5.10 Å². The number of carbonyl (C=O) groups is 1. The molecule has 6 heteroatoms. The number of rotatable bonds is 7. The third-order valence-corrected chi connectivity index (χ3v) is 4.38. The van der Waals surface area contributed by atoms with E-state index in [1.54, 1.807) is 18.2 Å². The van der Waals surface area contributed by atoms with E-state index in [2.05, 4.69) is 29.6 Å². The van der Waals surface area contributed by atoms with Crippen molar-refractivity contribution in [1.29, 1.82) is 0 Å². The van der Waals surface area contributed by atoms with Gasteiger partial charge in [-0.25, -0.2) is 5.43 Å². The molecular weight excluding hydrogens is 324 g/mol. The van der Waals surface area contributed by atoms with Crippen LogP contribution in [0.5, 0.6) is 11.5 Å². The molecule has 0 aliphatic heterocycles. The van der Waals surface area contributed by atoms with Gasteiger partial charge in [0.2, 0.25) is 5.91 Å². The highest BCUT2D eigenvalue weighted by molar-refractivity contribution is 7.99. The number of aromatic hydroxyl groups is 1. The second kappa shape index (κ2) is 8.98. The SMILES string of the molecule is COc1cccc(/C=N/NC(=O)CSCc2ccccc2C)c1O. The number of amides is 1. The monoisotopic (exact) mass is 344 g/mol. The average molecular weight is 344 g/mol. The van der Waals surface area contributed by atoms with E-state index in [9.17, 15) is 9.90 Å². The summed E-state index contributed by atoms with van der Waals surface area (Å²) in [6.07, 6.45) is 1.39. The van der Waals surface area contributed by atoms with Crippen molar-refractivity contribution in [1.82, 2.24) is 5.43 Å². The topological polar surface area (TPSA) is 70.9 Å². The summed E-state index contributed by atoms with van der Waals surface area (Å²) in [5, 5.41) is 13.8. The number of benzene rings is 2. The van der Waals surface area contributed by atoms with Gasteiger partial charge in [0.1, 0.15) is 0 Å². The molecule has 0 aliphatic carbocycles. The minimum absolute atomic E-state index is 0.00748. The summed E-state index contributed by atoms with van der Waals surface area (Å²) in [7, 11) is 1.48. The number of hydrogen-bond acceptors (Lipinski definition) is 5. The lowest BCUT2D eigenvalue weighted by Crippen LogP contribution is -2.19. The van der Waals surface area contributed by atoms with Gasteiger partial charge in [0.15, 0.2) is 11.5 Å². The minimum Gasteiger partial charge on any atom is -0.504 e. The molecule has 2 aromatic carbocycles. The van der Waals surface area contributed by atoms with Crippen LogP contribution in [0.1, 0.15) is 16.7 Å². The van der Waals surface area contributed by atoms with E-state index in [0.29, 0.717) is 17.1 Å². The Bertz CT molecular complexity index is 732. The summed E-state index contributed by atoms with van der Waals surface area (Å²) < 4.78 is 5.02. The van der Waals surface area contributed by atoms with Crippen LogP contribution in [0.25, 0.3) is 0 Å². The highest BCUT2D eigenvalue weighted by atomic mass is 32.2. The summed E-state index contributed by atoms with van der Waals surface area (Å²) in [5.41, 5.74) is 5.37. The molecule has 0 bridgehead atoms. The molecule has 2 aromatic rings. The van der Waals surface area contributed by atoms with Crippen molar-refractivity contribution in [3.63, 3.8) is 0 Å². The number of phenolic OH excluding ortho intramolecular Hbond substituents is 1. The quantitative estimate of drug-likeness (QED) is 0.598. The van der Waals surface area contributed by atoms with Gasteiger partial charge in [-0.1, -0.05) is 30.3 Å². The van der Waals surface area contributed by atoms with Crippen molar-refractivity contribution in [2.75, 3.05) is 12.9 Å². The van der Waals surface area contributed by atoms with Crippen LogP contribution < -0.4 is 10.2 Å². The number of phenols is 1. The number of hydrogen-bond donors (Lipinski definition) is 2. The molecule has 0 aromatic heterocycles. The number of aryl methyl sites for hydroxylation is 1. The largest absolute Gasteiger partial charge is 0.504 e. The van der Waals surface area contributed by atoms with Gasteiger partial charge >= 0.3 is 0 Å². The highest BCUT2D eigenvalue weighted by Gasteiger charge is 2.05.